The lowest BCUT2D eigenvalue weighted by Gasteiger charge is -2.07. The van der Waals surface area contributed by atoms with Gasteiger partial charge in [0.05, 0.1) is 11.4 Å². The summed E-state index contributed by atoms with van der Waals surface area (Å²) in [6.45, 7) is 2.24. The summed E-state index contributed by atoms with van der Waals surface area (Å²) in [5, 5.41) is 19.6. The molecule has 0 aliphatic rings. The number of anilines is 1. The molecule has 2 N–H and O–H groups in total. The zero-order valence-electron chi connectivity index (χ0n) is 13.8. The first-order chi connectivity index (χ1) is 12.5. The van der Waals surface area contributed by atoms with E-state index in [1.165, 1.54) is 23.0 Å². The first-order valence-corrected chi connectivity index (χ1v) is 7.77. The fraction of sp³-hybridized carbons (Fsp3) is 0.118. The highest BCUT2D eigenvalue weighted by Gasteiger charge is 2.19. The molecule has 1 aromatic carbocycles. The number of nitrogens with zero attached hydrogens (tertiary/aromatic N) is 4. The maximum Gasteiger partial charge on any atom is 0.358 e. The number of hydrogen-bond acceptors (Lipinski definition) is 5. The molecule has 0 fully saturated rings. The molecule has 2 heterocycles. The first kappa shape index (κ1) is 17.1. The van der Waals surface area contributed by atoms with Crippen molar-refractivity contribution >= 4 is 17.6 Å². The Morgan fingerprint density at radius 1 is 1.12 bits per heavy atom. The van der Waals surface area contributed by atoms with Gasteiger partial charge in [0.1, 0.15) is 5.69 Å². The summed E-state index contributed by atoms with van der Waals surface area (Å²) in [5.41, 5.74) is -0.121. The van der Waals surface area contributed by atoms with Crippen LogP contribution in [0.1, 0.15) is 27.9 Å². The van der Waals surface area contributed by atoms with Gasteiger partial charge in [-0.25, -0.2) is 4.79 Å². The van der Waals surface area contributed by atoms with E-state index in [1.54, 1.807) is 37.3 Å². The predicted octanol–water partition coefficient (Wildman–Crippen LogP) is 1.40. The molecule has 0 saturated carbocycles. The number of aryl methyl sites for hydroxylation is 1. The second-order valence-corrected chi connectivity index (χ2v) is 5.31. The van der Waals surface area contributed by atoms with Crippen molar-refractivity contribution in [3.63, 3.8) is 0 Å². The van der Waals surface area contributed by atoms with Gasteiger partial charge >= 0.3 is 5.97 Å². The second-order valence-electron chi connectivity index (χ2n) is 5.31. The quantitative estimate of drug-likeness (QED) is 0.715. The van der Waals surface area contributed by atoms with E-state index >= 15 is 0 Å². The number of nitrogens with one attached hydrogen (secondary N) is 1. The Labute approximate surface area is 147 Å². The van der Waals surface area contributed by atoms with Gasteiger partial charge in [0.25, 0.3) is 11.5 Å². The van der Waals surface area contributed by atoms with E-state index in [0.29, 0.717) is 12.2 Å². The van der Waals surface area contributed by atoms with Crippen LogP contribution in [0, 0.1) is 0 Å². The number of hydrogen-bond donors (Lipinski definition) is 2. The summed E-state index contributed by atoms with van der Waals surface area (Å²) in [6, 6.07) is 11.2. The van der Waals surface area contributed by atoms with E-state index < -0.39 is 17.4 Å². The van der Waals surface area contributed by atoms with Crippen LogP contribution in [-0.2, 0) is 6.54 Å². The van der Waals surface area contributed by atoms with Gasteiger partial charge in [0.2, 0.25) is 0 Å². The molecule has 0 atom stereocenters. The predicted molar refractivity (Wildman–Crippen MR) is 92.6 cm³/mol. The molecule has 0 saturated heterocycles. The van der Waals surface area contributed by atoms with Crippen molar-refractivity contribution in [3.05, 3.63) is 70.4 Å². The Hall–Kier alpha value is -3.75. The fourth-order valence-electron chi connectivity index (χ4n) is 2.31. The molecular formula is C17H15N5O4. The van der Waals surface area contributed by atoms with E-state index in [0.717, 1.165) is 4.68 Å². The minimum atomic E-state index is -1.25. The highest BCUT2D eigenvalue weighted by Crippen LogP contribution is 2.15. The molecule has 0 radical (unpaired) electrons. The summed E-state index contributed by atoms with van der Waals surface area (Å²) in [6.07, 6.45) is 1.43. The minimum absolute atomic E-state index is 0.0333. The number of para-hydroxylation sites is 1. The summed E-state index contributed by atoms with van der Waals surface area (Å²) in [5.74, 6) is -1.90. The lowest BCUT2D eigenvalue weighted by atomic mass is 10.3. The number of carbonyl (C=O) groups excluding carboxylic acids is 1. The van der Waals surface area contributed by atoms with E-state index in [2.05, 4.69) is 15.5 Å². The van der Waals surface area contributed by atoms with Crippen molar-refractivity contribution in [3.8, 4) is 5.69 Å². The summed E-state index contributed by atoms with van der Waals surface area (Å²) >= 11 is 0. The van der Waals surface area contributed by atoms with Crippen LogP contribution in [0.25, 0.3) is 5.69 Å². The molecule has 0 aliphatic heterocycles. The Morgan fingerprint density at radius 2 is 1.85 bits per heavy atom. The molecule has 9 heteroatoms. The molecule has 2 aromatic heterocycles. The van der Waals surface area contributed by atoms with E-state index in [1.807, 2.05) is 0 Å². The zero-order chi connectivity index (χ0) is 18.7. The average molecular weight is 353 g/mol. The second kappa shape index (κ2) is 7.01. The number of aromatic carboxylic acids is 1. The largest absolute Gasteiger partial charge is 0.476 e. The van der Waals surface area contributed by atoms with Gasteiger partial charge in [0.15, 0.2) is 5.69 Å². The Bertz CT molecular complexity index is 1020. The summed E-state index contributed by atoms with van der Waals surface area (Å²) in [4.78, 5) is 35.7. The van der Waals surface area contributed by atoms with Gasteiger partial charge in [-0.05, 0) is 25.1 Å². The standard InChI is InChI=1S/C17H15N5O4/c1-2-21-10-13(15(20-21)17(25)26)18-16(24)12-8-9-14(23)22(19-12)11-6-4-3-5-7-11/h3-10H,2H2,1H3,(H,18,24)(H,25,26). The third-order valence-corrected chi connectivity index (χ3v) is 3.57. The van der Waals surface area contributed by atoms with Crippen LogP contribution >= 0.6 is 0 Å². The molecule has 1 amide bonds. The molecule has 9 nitrogen and oxygen atoms in total. The molecular weight excluding hydrogens is 338 g/mol. The van der Waals surface area contributed by atoms with E-state index in [-0.39, 0.29) is 17.1 Å². The van der Waals surface area contributed by atoms with E-state index in [9.17, 15) is 19.5 Å². The average Bonchev–Trinajstić information content (AvgIpc) is 3.06. The molecule has 3 rings (SSSR count). The molecule has 0 aliphatic carbocycles. The van der Waals surface area contributed by atoms with Crippen molar-refractivity contribution < 1.29 is 14.7 Å². The van der Waals surface area contributed by atoms with Crippen molar-refractivity contribution in [1.82, 2.24) is 19.6 Å². The number of amides is 1. The van der Waals surface area contributed by atoms with Gasteiger partial charge in [-0.1, -0.05) is 18.2 Å². The molecule has 0 spiro atoms. The van der Waals surface area contributed by atoms with Crippen LogP contribution in [0.15, 0.2) is 53.5 Å². The van der Waals surface area contributed by atoms with Crippen LogP contribution in [0.4, 0.5) is 5.69 Å². The van der Waals surface area contributed by atoms with Gasteiger partial charge < -0.3 is 10.4 Å². The molecule has 26 heavy (non-hydrogen) atoms. The summed E-state index contributed by atoms with van der Waals surface area (Å²) in [7, 11) is 0. The van der Waals surface area contributed by atoms with Crippen LogP contribution in [0.2, 0.25) is 0 Å². The van der Waals surface area contributed by atoms with Crippen LogP contribution < -0.4 is 10.9 Å². The Balaban J connectivity index is 1.93. The molecule has 0 bridgehead atoms. The molecule has 132 valence electrons. The lowest BCUT2D eigenvalue weighted by molar-refractivity contribution is 0.0690. The van der Waals surface area contributed by atoms with Crippen molar-refractivity contribution in [2.45, 2.75) is 13.5 Å². The minimum Gasteiger partial charge on any atom is -0.476 e. The van der Waals surface area contributed by atoms with Crippen LogP contribution in [0.5, 0.6) is 0 Å². The number of rotatable bonds is 5. The maximum atomic E-state index is 12.5. The number of aromatic nitrogens is 4. The highest BCUT2D eigenvalue weighted by atomic mass is 16.4. The third kappa shape index (κ3) is 3.36. The van der Waals surface area contributed by atoms with Gasteiger partial charge in [-0.2, -0.15) is 14.9 Å². The highest BCUT2D eigenvalue weighted by molar-refractivity contribution is 6.06. The molecule has 3 aromatic rings. The topological polar surface area (TPSA) is 119 Å². The van der Waals surface area contributed by atoms with Crippen molar-refractivity contribution in [2.75, 3.05) is 5.32 Å². The monoisotopic (exact) mass is 353 g/mol. The Kier molecular flexibility index (Phi) is 4.61. The SMILES string of the molecule is CCn1cc(NC(=O)c2ccc(=O)n(-c3ccccc3)n2)c(C(=O)O)n1. The van der Waals surface area contributed by atoms with Crippen molar-refractivity contribution in [1.29, 1.82) is 0 Å². The number of carboxylic acids is 1. The van der Waals surface area contributed by atoms with Gasteiger partial charge in [-0.15, -0.1) is 0 Å². The number of carboxylic acid groups (broad SMARTS) is 1. The van der Waals surface area contributed by atoms with Gasteiger partial charge in [-0.3, -0.25) is 14.3 Å². The lowest BCUT2D eigenvalue weighted by Crippen LogP contribution is -2.25. The van der Waals surface area contributed by atoms with Crippen molar-refractivity contribution in [2.24, 2.45) is 0 Å². The normalized spacial score (nSPS) is 10.5. The van der Waals surface area contributed by atoms with Crippen LogP contribution in [0.3, 0.4) is 0 Å². The maximum absolute atomic E-state index is 12.5. The number of carbonyl (C=O) groups is 2. The van der Waals surface area contributed by atoms with E-state index in [4.69, 9.17) is 0 Å². The molecule has 0 unspecified atom stereocenters. The fourth-order valence-corrected chi connectivity index (χ4v) is 2.31. The zero-order valence-corrected chi connectivity index (χ0v) is 13.8. The Morgan fingerprint density at radius 3 is 2.50 bits per heavy atom. The first-order valence-electron chi connectivity index (χ1n) is 7.77. The van der Waals surface area contributed by atoms with Crippen LogP contribution in [-0.4, -0.2) is 36.5 Å². The third-order valence-electron chi connectivity index (χ3n) is 3.57. The smallest absolute Gasteiger partial charge is 0.358 e. The van der Waals surface area contributed by atoms with Gasteiger partial charge in [0, 0.05) is 18.8 Å². The number of benzene rings is 1. The summed E-state index contributed by atoms with van der Waals surface area (Å²) < 4.78 is 2.50.